The third-order valence-corrected chi connectivity index (χ3v) is 6.22. The van der Waals surface area contributed by atoms with Gasteiger partial charge in [0.15, 0.2) is 5.65 Å². The van der Waals surface area contributed by atoms with Crippen LogP contribution in [0.4, 0.5) is 10.2 Å². The van der Waals surface area contributed by atoms with Crippen molar-refractivity contribution in [3.05, 3.63) is 58.0 Å². The first-order valence-corrected chi connectivity index (χ1v) is 11.8. The van der Waals surface area contributed by atoms with Crippen molar-refractivity contribution in [2.75, 3.05) is 18.0 Å². The third-order valence-electron chi connectivity index (χ3n) is 5.50. The van der Waals surface area contributed by atoms with E-state index in [9.17, 15) is 14.0 Å². The normalized spacial score (nSPS) is 15.3. The number of rotatable bonds is 6. The van der Waals surface area contributed by atoms with Crippen LogP contribution in [-0.4, -0.2) is 38.2 Å². The summed E-state index contributed by atoms with van der Waals surface area (Å²) in [7, 11) is 0. The maximum atomic E-state index is 14.0. The van der Waals surface area contributed by atoms with Crippen molar-refractivity contribution in [2.24, 2.45) is 0 Å². The fourth-order valence-electron chi connectivity index (χ4n) is 3.84. The first kappa shape index (κ1) is 21.7. The minimum absolute atomic E-state index is 0.216. The Bertz CT molecular complexity index is 1150. The number of alkyl halides is 1. The van der Waals surface area contributed by atoms with Crippen molar-refractivity contribution in [1.29, 1.82) is 0 Å². The number of piperidine rings is 1. The number of nitrogens with one attached hydrogen (secondary N) is 1. The molecule has 0 aliphatic carbocycles. The first-order valence-electron chi connectivity index (χ1n) is 10.3. The molecule has 1 atom stereocenters. The lowest BCUT2D eigenvalue weighted by Crippen LogP contribution is -2.36. The second-order valence-corrected chi connectivity index (χ2v) is 8.45. The number of fused-ring (bicyclic) bond motifs is 1. The average Bonchev–Trinajstić information content (AvgIpc) is 3.09. The SMILES string of the molecule is C[C@H](NC(=O)Cn1nc2cccc(N3CCCCC3)n2c1=O)c1cnc(CI)c(F)c1. The van der Waals surface area contributed by atoms with Crippen molar-refractivity contribution < 1.29 is 9.18 Å². The van der Waals surface area contributed by atoms with Crippen LogP contribution in [0.2, 0.25) is 0 Å². The standard InChI is InChI=1S/C21H24FIN6O2/c1-14(15-10-16(22)17(11-23)24-12-15)25-19(30)13-28-21(31)29-18(26-28)6-5-7-20(29)27-8-3-2-4-9-27/h5-7,10,12,14H,2-4,8-9,11,13H2,1H3,(H,25,30)/t14-/m0/s1. The van der Waals surface area contributed by atoms with Gasteiger partial charge in [-0.25, -0.2) is 18.3 Å². The van der Waals surface area contributed by atoms with E-state index in [2.05, 4.69) is 20.3 Å². The smallest absolute Gasteiger partial charge is 0.352 e. The molecule has 0 unspecified atom stereocenters. The van der Waals surface area contributed by atoms with Crippen molar-refractivity contribution in [2.45, 2.75) is 43.2 Å². The summed E-state index contributed by atoms with van der Waals surface area (Å²) in [6.45, 7) is 3.33. The summed E-state index contributed by atoms with van der Waals surface area (Å²) in [5, 5.41) is 7.12. The van der Waals surface area contributed by atoms with Gasteiger partial charge in [0.2, 0.25) is 5.91 Å². The number of anilines is 1. The first-order chi connectivity index (χ1) is 15.0. The van der Waals surface area contributed by atoms with Crippen LogP contribution >= 0.6 is 22.6 Å². The van der Waals surface area contributed by atoms with Crippen LogP contribution < -0.4 is 15.9 Å². The molecule has 0 radical (unpaired) electrons. The van der Waals surface area contributed by atoms with Gasteiger partial charge >= 0.3 is 5.69 Å². The number of halogens is 2. The second kappa shape index (κ2) is 9.33. The fourth-order valence-corrected chi connectivity index (χ4v) is 4.40. The number of carbonyl (C=O) groups is 1. The Morgan fingerprint density at radius 3 is 2.77 bits per heavy atom. The summed E-state index contributed by atoms with van der Waals surface area (Å²) in [6.07, 6.45) is 4.94. The molecule has 0 bridgehead atoms. The average molecular weight is 538 g/mol. The van der Waals surface area contributed by atoms with Crippen LogP contribution in [0.25, 0.3) is 5.65 Å². The lowest BCUT2D eigenvalue weighted by atomic mass is 10.1. The molecule has 1 aliphatic heterocycles. The summed E-state index contributed by atoms with van der Waals surface area (Å²) < 4.78 is 17.2. The van der Waals surface area contributed by atoms with E-state index in [1.165, 1.54) is 17.2 Å². The van der Waals surface area contributed by atoms with Crippen molar-refractivity contribution in [3.8, 4) is 0 Å². The molecule has 10 heteroatoms. The van der Waals surface area contributed by atoms with Gasteiger partial charge in [-0.1, -0.05) is 28.7 Å². The summed E-state index contributed by atoms with van der Waals surface area (Å²) >= 11 is 2.05. The van der Waals surface area contributed by atoms with Crippen LogP contribution in [-0.2, 0) is 15.8 Å². The zero-order chi connectivity index (χ0) is 22.0. The Morgan fingerprint density at radius 1 is 1.29 bits per heavy atom. The number of hydrogen-bond acceptors (Lipinski definition) is 5. The van der Waals surface area contributed by atoms with Gasteiger partial charge in [-0.2, -0.15) is 0 Å². The fraction of sp³-hybridized carbons (Fsp3) is 0.429. The van der Waals surface area contributed by atoms with Gasteiger partial charge in [-0.05, 0) is 49.9 Å². The van der Waals surface area contributed by atoms with E-state index in [4.69, 9.17) is 0 Å². The van der Waals surface area contributed by atoms with E-state index in [1.807, 2.05) is 34.7 Å². The number of aromatic nitrogens is 4. The van der Waals surface area contributed by atoms with Gasteiger partial charge in [0.1, 0.15) is 18.2 Å². The lowest BCUT2D eigenvalue weighted by Gasteiger charge is -2.28. The van der Waals surface area contributed by atoms with E-state index in [-0.39, 0.29) is 18.1 Å². The van der Waals surface area contributed by atoms with E-state index < -0.39 is 11.9 Å². The number of hydrogen-bond donors (Lipinski definition) is 1. The minimum Gasteiger partial charge on any atom is -0.358 e. The number of pyridine rings is 2. The van der Waals surface area contributed by atoms with Crippen LogP contribution in [0.5, 0.6) is 0 Å². The molecule has 1 fully saturated rings. The van der Waals surface area contributed by atoms with Crippen molar-refractivity contribution >= 4 is 40.0 Å². The molecule has 1 saturated heterocycles. The topological polar surface area (TPSA) is 84.5 Å². The number of carbonyl (C=O) groups excluding carboxylic acids is 1. The molecule has 164 valence electrons. The van der Waals surface area contributed by atoms with Gasteiger partial charge in [-0.3, -0.25) is 9.78 Å². The van der Waals surface area contributed by atoms with Crippen LogP contribution in [0.3, 0.4) is 0 Å². The molecule has 0 aromatic carbocycles. The van der Waals surface area contributed by atoms with Crippen molar-refractivity contribution in [3.63, 3.8) is 0 Å². The predicted octanol–water partition coefficient (Wildman–Crippen LogP) is 2.83. The quantitative estimate of drug-likeness (QED) is 0.386. The van der Waals surface area contributed by atoms with E-state index in [0.29, 0.717) is 21.3 Å². The summed E-state index contributed by atoms with van der Waals surface area (Å²) in [4.78, 5) is 31.9. The van der Waals surface area contributed by atoms with Crippen LogP contribution in [0.1, 0.15) is 43.5 Å². The molecule has 8 nitrogen and oxygen atoms in total. The molecule has 0 spiro atoms. The molecule has 1 aliphatic rings. The Balaban J connectivity index is 1.52. The summed E-state index contributed by atoms with van der Waals surface area (Å²) in [6, 6.07) is 6.48. The molecule has 31 heavy (non-hydrogen) atoms. The highest BCUT2D eigenvalue weighted by atomic mass is 127. The van der Waals surface area contributed by atoms with Gasteiger partial charge in [-0.15, -0.1) is 5.10 Å². The highest BCUT2D eigenvalue weighted by Crippen LogP contribution is 2.20. The second-order valence-electron chi connectivity index (χ2n) is 7.69. The zero-order valence-electron chi connectivity index (χ0n) is 17.2. The zero-order valence-corrected chi connectivity index (χ0v) is 19.4. The molecule has 1 N–H and O–H groups in total. The lowest BCUT2D eigenvalue weighted by molar-refractivity contribution is -0.122. The molecule has 3 aromatic heterocycles. The van der Waals surface area contributed by atoms with Gasteiger partial charge in [0.25, 0.3) is 0 Å². The molecule has 1 amide bonds. The maximum absolute atomic E-state index is 14.0. The van der Waals surface area contributed by atoms with E-state index >= 15 is 0 Å². The van der Waals surface area contributed by atoms with E-state index in [1.54, 1.807) is 23.6 Å². The molecule has 4 rings (SSSR count). The Morgan fingerprint density at radius 2 is 2.06 bits per heavy atom. The Hall–Kier alpha value is -2.50. The third kappa shape index (κ3) is 4.58. The predicted molar refractivity (Wildman–Crippen MR) is 124 cm³/mol. The molecule has 3 aromatic rings. The Labute approximate surface area is 192 Å². The molecule has 4 heterocycles. The summed E-state index contributed by atoms with van der Waals surface area (Å²) in [5.41, 5.74) is 1.10. The number of amides is 1. The Kier molecular flexibility index (Phi) is 6.54. The van der Waals surface area contributed by atoms with Crippen LogP contribution in [0, 0.1) is 5.82 Å². The van der Waals surface area contributed by atoms with Crippen molar-refractivity contribution in [1.82, 2.24) is 24.5 Å². The summed E-state index contributed by atoms with van der Waals surface area (Å²) in [5.74, 6) is 0.0323. The number of nitrogens with zero attached hydrogens (tertiary/aromatic N) is 5. The molecular weight excluding hydrogens is 514 g/mol. The highest BCUT2D eigenvalue weighted by molar-refractivity contribution is 14.1. The minimum atomic E-state index is -0.450. The van der Waals surface area contributed by atoms with Crippen LogP contribution in [0.15, 0.2) is 35.3 Å². The largest absolute Gasteiger partial charge is 0.358 e. The van der Waals surface area contributed by atoms with Gasteiger partial charge in [0.05, 0.1) is 11.7 Å². The van der Waals surface area contributed by atoms with Gasteiger partial charge < -0.3 is 10.2 Å². The van der Waals surface area contributed by atoms with E-state index in [0.717, 1.165) is 31.7 Å². The molecule has 0 saturated carbocycles. The van der Waals surface area contributed by atoms with Gasteiger partial charge in [0, 0.05) is 23.7 Å². The highest BCUT2D eigenvalue weighted by Gasteiger charge is 2.19. The monoisotopic (exact) mass is 538 g/mol. The molecular formula is C21H24FIN6O2. The maximum Gasteiger partial charge on any atom is 0.352 e.